The van der Waals surface area contributed by atoms with E-state index < -0.39 is 8.56 Å². The van der Waals surface area contributed by atoms with Crippen LogP contribution in [-0.2, 0) is 4.43 Å². The van der Waals surface area contributed by atoms with Gasteiger partial charge in [0.1, 0.15) is 0 Å². The lowest BCUT2D eigenvalue weighted by Gasteiger charge is -2.11. The SMILES string of the molecule is CCO[Si](C)(C)O. The number of rotatable bonds is 2. The zero-order valence-electron chi connectivity index (χ0n) is 5.06. The van der Waals surface area contributed by atoms with Crippen LogP contribution in [-0.4, -0.2) is 20.0 Å². The summed E-state index contributed by atoms with van der Waals surface area (Å²) in [5, 5.41) is 0. The Hall–Kier alpha value is 0.137. The number of hydrogen-bond donors (Lipinski definition) is 1. The van der Waals surface area contributed by atoms with E-state index in [1.807, 2.05) is 6.92 Å². The lowest BCUT2D eigenvalue weighted by atomic mass is 10.9. The molecular formula is C4H12O2Si. The highest BCUT2D eigenvalue weighted by Gasteiger charge is 2.15. The molecule has 0 aliphatic carbocycles. The molecule has 0 aliphatic heterocycles. The quantitative estimate of drug-likeness (QED) is 0.544. The average Bonchev–Trinajstić information content (AvgIpc) is 1.30. The highest BCUT2D eigenvalue weighted by atomic mass is 28.4. The molecule has 0 aromatic heterocycles. The minimum Gasteiger partial charge on any atom is -0.411 e. The molecule has 0 aromatic carbocycles. The molecule has 0 amide bonds. The Kier molecular flexibility index (Phi) is 2.49. The Bertz CT molecular complexity index is 48.1. The van der Waals surface area contributed by atoms with Gasteiger partial charge < -0.3 is 9.22 Å². The van der Waals surface area contributed by atoms with Crippen LogP contribution in [0.1, 0.15) is 6.92 Å². The maximum absolute atomic E-state index is 8.93. The fourth-order valence-electron chi connectivity index (χ4n) is 0.353. The van der Waals surface area contributed by atoms with Crippen molar-refractivity contribution in [2.45, 2.75) is 20.0 Å². The highest BCUT2D eigenvalue weighted by Crippen LogP contribution is 1.95. The van der Waals surface area contributed by atoms with Crippen molar-refractivity contribution in [1.29, 1.82) is 0 Å². The summed E-state index contributed by atoms with van der Waals surface area (Å²) in [6.07, 6.45) is 0. The molecular weight excluding hydrogens is 108 g/mol. The summed E-state index contributed by atoms with van der Waals surface area (Å²) in [5.41, 5.74) is 0. The second kappa shape index (κ2) is 2.45. The number of hydrogen-bond acceptors (Lipinski definition) is 2. The maximum atomic E-state index is 8.93. The van der Waals surface area contributed by atoms with Crippen molar-refractivity contribution in [2.75, 3.05) is 6.61 Å². The Morgan fingerprint density at radius 3 is 2.00 bits per heavy atom. The summed E-state index contributed by atoms with van der Waals surface area (Å²) >= 11 is 0. The fourth-order valence-corrected chi connectivity index (χ4v) is 1.06. The van der Waals surface area contributed by atoms with Gasteiger partial charge in [0.25, 0.3) is 0 Å². The van der Waals surface area contributed by atoms with Gasteiger partial charge in [-0.25, -0.2) is 0 Å². The van der Waals surface area contributed by atoms with Gasteiger partial charge in [-0.05, 0) is 20.0 Å². The second-order valence-electron chi connectivity index (χ2n) is 1.88. The van der Waals surface area contributed by atoms with Gasteiger partial charge >= 0.3 is 8.56 Å². The molecule has 0 radical (unpaired) electrons. The fraction of sp³-hybridized carbons (Fsp3) is 1.00. The molecule has 0 saturated carbocycles. The van der Waals surface area contributed by atoms with E-state index in [9.17, 15) is 0 Å². The van der Waals surface area contributed by atoms with Crippen LogP contribution in [0.2, 0.25) is 13.1 Å². The Morgan fingerprint density at radius 1 is 1.57 bits per heavy atom. The molecule has 1 N–H and O–H groups in total. The third-order valence-corrected chi connectivity index (χ3v) is 1.49. The van der Waals surface area contributed by atoms with Crippen LogP contribution in [0.25, 0.3) is 0 Å². The van der Waals surface area contributed by atoms with Crippen molar-refractivity contribution in [3.05, 3.63) is 0 Å². The Balaban J connectivity index is 3.15. The van der Waals surface area contributed by atoms with E-state index in [4.69, 9.17) is 9.22 Å². The first-order valence-corrected chi connectivity index (χ1v) is 5.28. The highest BCUT2D eigenvalue weighted by molar-refractivity contribution is 6.63. The molecule has 0 unspecified atom stereocenters. The second-order valence-corrected chi connectivity index (χ2v) is 5.06. The Morgan fingerprint density at radius 2 is 2.00 bits per heavy atom. The first kappa shape index (κ1) is 7.14. The smallest absolute Gasteiger partial charge is 0.329 e. The van der Waals surface area contributed by atoms with Crippen molar-refractivity contribution < 1.29 is 9.22 Å². The van der Waals surface area contributed by atoms with Crippen molar-refractivity contribution in [2.24, 2.45) is 0 Å². The first-order chi connectivity index (χ1) is 3.06. The van der Waals surface area contributed by atoms with Gasteiger partial charge in [-0.3, -0.25) is 0 Å². The summed E-state index contributed by atoms with van der Waals surface area (Å²) < 4.78 is 4.92. The summed E-state index contributed by atoms with van der Waals surface area (Å²) in [4.78, 5) is 8.93. The molecule has 0 heterocycles. The maximum Gasteiger partial charge on any atom is 0.329 e. The normalized spacial score (nSPS) is 12.0. The van der Waals surface area contributed by atoms with E-state index in [1.165, 1.54) is 0 Å². The molecule has 2 nitrogen and oxygen atoms in total. The third kappa shape index (κ3) is 6.14. The predicted octanol–water partition coefficient (Wildman–Crippen LogP) is 0.717. The molecule has 0 saturated heterocycles. The summed E-state index contributed by atoms with van der Waals surface area (Å²) in [6, 6.07) is 0. The topological polar surface area (TPSA) is 29.5 Å². The zero-order chi connectivity index (χ0) is 5.91. The molecule has 0 fully saturated rings. The van der Waals surface area contributed by atoms with E-state index >= 15 is 0 Å². The lowest BCUT2D eigenvalue weighted by Crippen LogP contribution is -2.29. The van der Waals surface area contributed by atoms with Gasteiger partial charge in [0.15, 0.2) is 0 Å². The van der Waals surface area contributed by atoms with E-state index in [2.05, 4.69) is 0 Å². The van der Waals surface area contributed by atoms with Gasteiger partial charge in [-0.2, -0.15) is 0 Å². The van der Waals surface area contributed by atoms with E-state index in [-0.39, 0.29) is 0 Å². The summed E-state index contributed by atoms with van der Waals surface area (Å²) in [5.74, 6) is 0. The molecule has 0 spiro atoms. The Labute approximate surface area is 45.4 Å². The minimum absolute atomic E-state index is 0.621. The molecule has 0 aliphatic rings. The van der Waals surface area contributed by atoms with Crippen LogP contribution in [0.4, 0.5) is 0 Å². The van der Waals surface area contributed by atoms with E-state index in [0.29, 0.717) is 6.61 Å². The van der Waals surface area contributed by atoms with Gasteiger partial charge in [-0.1, -0.05) is 0 Å². The van der Waals surface area contributed by atoms with Crippen LogP contribution in [0.15, 0.2) is 0 Å². The van der Waals surface area contributed by atoms with Gasteiger partial charge in [-0.15, -0.1) is 0 Å². The van der Waals surface area contributed by atoms with Gasteiger partial charge in [0.05, 0.1) is 0 Å². The van der Waals surface area contributed by atoms with Gasteiger partial charge in [0, 0.05) is 6.61 Å². The van der Waals surface area contributed by atoms with Crippen molar-refractivity contribution >= 4 is 8.56 Å². The molecule has 3 heteroatoms. The van der Waals surface area contributed by atoms with Crippen LogP contribution in [0.3, 0.4) is 0 Å². The van der Waals surface area contributed by atoms with Crippen LogP contribution in [0, 0.1) is 0 Å². The van der Waals surface area contributed by atoms with Crippen LogP contribution >= 0.6 is 0 Å². The lowest BCUT2D eigenvalue weighted by molar-refractivity contribution is 0.257. The molecule has 0 bridgehead atoms. The van der Waals surface area contributed by atoms with E-state index in [0.717, 1.165) is 0 Å². The predicted molar refractivity (Wildman–Crippen MR) is 31.3 cm³/mol. The largest absolute Gasteiger partial charge is 0.411 e. The van der Waals surface area contributed by atoms with Crippen molar-refractivity contribution in [1.82, 2.24) is 0 Å². The average molecular weight is 120 g/mol. The van der Waals surface area contributed by atoms with Crippen molar-refractivity contribution in [3.8, 4) is 0 Å². The van der Waals surface area contributed by atoms with Crippen LogP contribution < -0.4 is 0 Å². The zero-order valence-corrected chi connectivity index (χ0v) is 6.06. The summed E-state index contributed by atoms with van der Waals surface area (Å²) in [7, 11) is -2.16. The van der Waals surface area contributed by atoms with Crippen LogP contribution in [0.5, 0.6) is 0 Å². The minimum atomic E-state index is -2.16. The summed E-state index contributed by atoms with van der Waals surface area (Å²) in [6.45, 7) is 5.99. The monoisotopic (exact) mass is 120 g/mol. The third-order valence-electron chi connectivity index (χ3n) is 0.498. The van der Waals surface area contributed by atoms with E-state index in [1.54, 1.807) is 13.1 Å². The van der Waals surface area contributed by atoms with Crippen molar-refractivity contribution in [3.63, 3.8) is 0 Å². The standard InChI is InChI=1S/C4H12O2Si/c1-4-6-7(2,3)5/h5H,4H2,1-3H3. The molecule has 44 valence electrons. The molecule has 0 atom stereocenters. The molecule has 7 heavy (non-hydrogen) atoms. The first-order valence-electron chi connectivity index (χ1n) is 2.42. The van der Waals surface area contributed by atoms with Gasteiger partial charge in [0.2, 0.25) is 0 Å². The molecule has 0 rings (SSSR count). The molecule has 0 aromatic rings.